The van der Waals surface area contributed by atoms with Crippen molar-refractivity contribution in [2.45, 2.75) is 20.0 Å². The van der Waals surface area contributed by atoms with Crippen molar-refractivity contribution in [3.63, 3.8) is 0 Å². The van der Waals surface area contributed by atoms with Crippen molar-refractivity contribution < 1.29 is 18.3 Å². The summed E-state index contributed by atoms with van der Waals surface area (Å²) in [6, 6.07) is 20.8. The molecule has 0 aliphatic heterocycles. The number of hydrogen-bond donors (Lipinski definition) is 0. The van der Waals surface area contributed by atoms with Crippen LogP contribution in [0.5, 0.6) is 11.5 Å². The maximum absolute atomic E-state index is 15.7. The zero-order valence-electron chi connectivity index (χ0n) is 21.6. The fourth-order valence-electron chi connectivity index (χ4n) is 4.38. The molecular formula is C30H25ClF2N4O2. The summed E-state index contributed by atoms with van der Waals surface area (Å²) in [6.45, 7) is 2.96. The van der Waals surface area contributed by atoms with Gasteiger partial charge in [0, 0.05) is 24.7 Å². The summed E-state index contributed by atoms with van der Waals surface area (Å²) in [7, 11) is 3.25. The van der Waals surface area contributed by atoms with Gasteiger partial charge < -0.3 is 14.4 Å². The number of pyridine rings is 1. The fourth-order valence-corrected chi connectivity index (χ4v) is 4.67. The average molecular weight is 547 g/mol. The van der Waals surface area contributed by atoms with Gasteiger partial charge in [0.05, 0.1) is 30.5 Å². The SMILES string of the molecule is COc1ccc(CN(Cc2ccc(OC)cc2)c2cc(C)cc(-c3c(Cl)cc4cnc(F)nc4c3F)n2)cc1. The number of fused-ring (bicyclic) bond motifs is 1. The molecule has 198 valence electrons. The van der Waals surface area contributed by atoms with E-state index >= 15 is 4.39 Å². The van der Waals surface area contributed by atoms with Gasteiger partial charge >= 0.3 is 6.08 Å². The molecule has 0 bridgehead atoms. The minimum atomic E-state index is -1.02. The van der Waals surface area contributed by atoms with Crippen LogP contribution in [0.4, 0.5) is 14.6 Å². The number of aryl methyl sites for hydroxylation is 1. The Morgan fingerprint density at radius 2 is 1.41 bits per heavy atom. The van der Waals surface area contributed by atoms with Crippen LogP contribution in [0.25, 0.3) is 22.2 Å². The number of benzene rings is 3. The maximum Gasteiger partial charge on any atom is 0.309 e. The van der Waals surface area contributed by atoms with Gasteiger partial charge in [0.15, 0.2) is 5.82 Å². The first-order chi connectivity index (χ1) is 18.8. The molecule has 0 fully saturated rings. The molecule has 0 spiro atoms. The highest BCUT2D eigenvalue weighted by Crippen LogP contribution is 2.36. The van der Waals surface area contributed by atoms with Crippen LogP contribution in [-0.2, 0) is 13.1 Å². The summed E-state index contributed by atoms with van der Waals surface area (Å²) in [4.78, 5) is 14.1. The Morgan fingerprint density at radius 3 is 1.97 bits per heavy atom. The molecule has 0 unspecified atom stereocenters. The monoisotopic (exact) mass is 546 g/mol. The summed E-state index contributed by atoms with van der Waals surface area (Å²) < 4.78 is 40.0. The van der Waals surface area contributed by atoms with E-state index < -0.39 is 11.9 Å². The van der Waals surface area contributed by atoms with E-state index in [9.17, 15) is 4.39 Å². The van der Waals surface area contributed by atoms with Gasteiger partial charge in [-0.1, -0.05) is 35.9 Å². The quantitative estimate of drug-likeness (QED) is 0.192. The van der Waals surface area contributed by atoms with Gasteiger partial charge in [-0.2, -0.15) is 9.37 Å². The highest BCUT2D eigenvalue weighted by atomic mass is 35.5. The Hall–Kier alpha value is -4.30. The predicted octanol–water partition coefficient (Wildman–Crippen LogP) is 7.16. The van der Waals surface area contributed by atoms with E-state index in [-0.39, 0.29) is 16.1 Å². The minimum Gasteiger partial charge on any atom is -0.497 e. The first-order valence-corrected chi connectivity index (χ1v) is 12.5. The van der Waals surface area contributed by atoms with Crippen molar-refractivity contribution in [2.75, 3.05) is 19.1 Å². The molecule has 5 rings (SSSR count). The van der Waals surface area contributed by atoms with Gasteiger partial charge in [-0.25, -0.2) is 14.4 Å². The van der Waals surface area contributed by atoms with E-state index in [1.165, 1.54) is 12.3 Å². The molecule has 0 N–H and O–H groups in total. The lowest BCUT2D eigenvalue weighted by molar-refractivity contribution is 0.414. The van der Waals surface area contributed by atoms with Crippen LogP contribution in [0, 0.1) is 18.8 Å². The van der Waals surface area contributed by atoms with Crippen LogP contribution < -0.4 is 14.4 Å². The molecule has 5 aromatic rings. The van der Waals surface area contributed by atoms with Crippen LogP contribution in [0.2, 0.25) is 5.02 Å². The van der Waals surface area contributed by atoms with Crippen molar-refractivity contribution in [3.8, 4) is 22.8 Å². The van der Waals surface area contributed by atoms with E-state index in [0.717, 1.165) is 28.2 Å². The lowest BCUT2D eigenvalue weighted by Gasteiger charge is -2.25. The average Bonchev–Trinajstić information content (AvgIpc) is 2.94. The van der Waals surface area contributed by atoms with E-state index in [4.69, 9.17) is 26.1 Å². The Morgan fingerprint density at radius 1 is 0.821 bits per heavy atom. The molecule has 0 saturated heterocycles. The topological polar surface area (TPSA) is 60.4 Å². The van der Waals surface area contributed by atoms with Gasteiger partial charge in [0.2, 0.25) is 0 Å². The number of anilines is 1. The first-order valence-electron chi connectivity index (χ1n) is 12.1. The molecule has 39 heavy (non-hydrogen) atoms. The largest absolute Gasteiger partial charge is 0.497 e. The molecular weight excluding hydrogens is 522 g/mol. The van der Waals surface area contributed by atoms with E-state index in [0.29, 0.717) is 30.0 Å². The van der Waals surface area contributed by atoms with Crippen molar-refractivity contribution in [2.24, 2.45) is 0 Å². The molecule has 0 saturated carbocycles. The Kier molecular flexibility index (Phi) is 7.56. The highest BCUT2D eigenvalue weighted by Gasteiger charge is 2.20. The van der Waals surface area contributed by atoms with E-state index in [2.05, 4.69) is 14.9 Å². The van der Waals surface area contributed by atoms with Crippen LogP contribution >= 0.6 is 11.6 Å². The molecule has 0 aliphatic rings. The number of halogens is 3. The highest BCUT2D eigenvalue weighted by molar-refractivity contribution is 6.34. The minimum absolute atomic E-state index is 0.0565. The third-order valence-corrected chi connectivity index (χ3v) is 6.64. The molecule has 0 aliphatic carbocycles. The molecule has 6 nitrogen and oxygen atoms in total. The van der Waals surface area contributed by atoms with Gasteiger partial charge in [-0.3, -0.25) is 0 Å². The Labute approximate surface area is 229 Å². The Balaban J connectivity index is 1.59. The fraction of sp³-hybridized carbons (Fsp3) is 0.167. The maximum atomic E-state index is 15.7. The van der Waals surface area contributed by atoms with Crippen molar-refractivity contribution in [3.05, 3.63) is 107 Å². The van der Waals surface area contributed by atoms with Gasteiger partial charge in [-0.15, -0.1) is 0 Å². The summed E-state index contributed by atoms with van der Waals surface area (Å²) >= 11 is 6.52. The number of ether oxygens (including phenoxy) is 2. The lowest BCUT2D eigenvalue weighted by atomic mass is 10.1. The normalized spacial score (nSPS) is 11.0. The van der Waals surface area contributed by atoms with Crippen LogP contribution in [0.15, 0.2) is 72.9 Å². The summed E-state index contributed by atoms with van der Waals surface area (Å²) in [6.07, 6.45) is 0.189. The number of rotatable bonds is 8. The zero-order valence-corrected chi connectivity index (χ0v) is 22.3. The Bertz CT molecular complexity index is 1580. The van der Waals surface area contributed by atoms with Gasteiger partial charge in [-0.05, 0) is 66.1 Å². The first kappa shape index (κ1) is 26.3. The summed E-state index contributed by atoms with van der Waals surface area (Å²) in [5.41, 5.74) is 3.16. The summed E-state index contributed by atoms with van der Waals surface area (Å²) in [5, 5.41) is 0.437. The number of nitrogens with zero attached hydrogens (tertiary/aromatic N) is 4. The standard InChI is InChI=1S/C30H25ClF2N4O2/c1-18-12-25(27-24(31)14-21-15-34-30(33)36-29(21)28(27)32)35-26(13-18)37(16-19-4-8-22(38-2)9-5-19)17-20-6-10-23(39-3)11-7-20/h4-15H,16-17H2,1-3H3. The number of aromatic nitrogens is 3. The van der Waals surface area contributed by atoms with Crippen LogP contribution in [-0.4, -0.2) is 29.2 Å². The molecule has 0 atom stereocenters. The summed E-state index contributed by atoms with van der Waals surface area (Å²) in [5.74, 6) is 1.40. The number of hydrogen-bond acceptors (Lipinski definition) is 6. The van der Waals surface area contributed by atoms with Crippen LogP contribution in [0.3, 0.4) is 0 Å². The van der Waals surface area contributed by atoms with Crippen molar-refractivity contribution in [1.29, 1.82) is 0 Å². The van der Waals surface area contributed by atoms with E-state index in [1.54, 1.807) is 20.3 Å². The second-order valence-electron chi connectivity index (χ2n) is 9.06. The van der Waals surface area contributed by atoms with Gasteiger partial charge in [0.1, 0.15) is 22.8 Å². The molecule has 2 aromatic heterocycles. The lowest BCUT2D eigenvalue weighted by Crippen LogP contribution is -2.23. The second kappa shape index (κ2) is 11.2. The van der Waals surface area contributed by atoms with E-state index in [1.807, 2.05) is 61.5 Å². The van der Waals surface area contributed by atoms with Crippen LogP contribution in [0.1, 0.15) is 16.7 Å². The van der Waals surface area contributed by atoms with Gasteiger partial charge in [0.25, 0.3) is 0 Å². The molecule has 9 heteroatoms. The zero-order chi connectivity index (χ0) is 27.5. The number of methoxy groups -OCH3 is 2. The predicted molar refractivity (Wildman–Crippen MR) is 148 cm³/mol. The third-order valence-electron chi connectivity index (χ3n) is 6.34. The molecule has 3 aromatic carbocycles. The second-order valence-corrected chi connectivity index (χ2v) is 9.47. The smallest absolute Gasteiger partial charge is 0.309 e. The van der Waals surface area contributed by atoms with Crippen molar-refractivity contribution in [1.82, 2.24) is 15.0 Å². The third kappa shape index (κ3) is 5.76. The molecule has 0 radical (unpaired) electrons. The molecule has 0 amide bonds. The van der Waals surface area contributed by atoms with Crippen molar-refractivity contribution >= 4 is 28.3 Å². The molecule has 2 heterocycles.